The fourth-order valence-corrected chi connectivity index (χ4v) is 4.96. The number of hydrogen-bond acceptors (Lipinski definition) is 4. The Morgan fingerprint density at radius 3 is 2.55 bits per heavy atom. The predicted octanol–water partition coefficient (Wildman–Crippen LogP) is 2.69. The van der Waals surface area contributed by atoms with Gasteiger partial charge in [-0.3, -0.25) is 0 Å². The molecule has 1 saturated carbocycles. The van der Waals surface area contributed by atoms with Crippen LogP contribution in [0.15, 0.2) is 16.3 Å². The number of sulfonamides is 1. The molecule has 112 valence electrons. The minimum absolute atomic E-state index is 0.0315. The van der Waals surface area contributed by atoms with Crippen molar-refractivity contribution in [2.24, 2.45) is 5.92 Å². The average Bonchev–Trinajstić information content (AvgIpc) is 2.90. The van der Waals surface area contributed by atoms with Gasteiger partial charge in [0, 0.05) is 11.4 Å². The molecule has 0 aromatic carbocycles. The molecule has 1 aliphatic carbocycles. The van der Waals surface area contributed by atoms with Crippen LogP contribution in [-0.4, -0.2) is 25.5 Å². The van der Waals surface area contributed by atoms with Gasteiger partial charge in [0.15, 0.2) is 0 Å². The van der Waals surface area contributed by atoms with Crippen molar-refractivity contribution in [2.45, 2.75) is 50.0 Å². The normalized spacial score (nSPS) is 23.6. The van der Waals surface area contributed by atoms with Crippen molar-refractivity contribution in [3.05, 3.63) is 16.3 Å². The Kier molecular flexibility index (Phi) is 4.82. The van der Waals surface area contributed by atoms with Crippen LogP contribution in [0.1, 0.15) is 48.7 Å². The van der Waals surface area contributed by atoms with Crippen molar-refractivity contribution in [1.82, 2.24) is 4.72 Å². The fourth-order valence-electron chi connectivity index (χ4n) is 2.55. The van der Waals surface area contributed by atoms with Gasteiger partial charge in [-0.2, -0.15) is 0 Å². The molecule has 0 amide bonds. The monoisotopic (exact) mass is 317 g/mol. The minimum Gasteiger partial charge on any atom is -0.477 e. The number of rotatable bonds is 5. The number of aromatic carboxylic acids is 1. The Labute approximate surface area is 123 Å². The first-order valence-electron chi connectivity index (χ1n) is 6.76. The van der Waals surface area contributed by atoms with Crippen LogP contribution in [0.3, 0.4) is 0 Å². The highest BCUT2D eigenvalue weighted by molar-refractivity contribution is 7.89. The molecule has 2 rings (SSSR count). The van der Waals surface area contributed by atoms with Crippen LogP contribution >= 0.6 is 11.3 Å². The van der Waals surface area contributed by atoms with Gasteiger partial charge in [-0.1, -0.05) is 13.3 Å². The van der Waals surface area contributed by atoms with E-state index in [1.165, 1.54) is 11.4 Å². The van der Waals surface area contributed by atoms with Gasteiger partial charge in [0.2, 0.25) is 10.0 Å². The van der Waals surface area contributed by atoms with E-state index in [-0.39, 0.29) is 15.8 Å². The Morgan fingerprint density at radius 2 is 2.05 bits per heavy atom. The van der Waals surface area contributed by atoms with E-state index in [0.29, 0.717) is 5.92 Å². The first-order chi connectivity index (χ1) is 9.42. The van der Waals surface area contributed by atoms with Crippen LogP contribution < -0.4 is 4.72 Å². The van der Waals surface area contributed by atoms with E-state index in [1.54, 1.807) is 0 Å². The first kappa shape index (κ1) is 15.5. The van der Waals surface area contributed by atoms with Gasteiger partial charge in [-0.15, -0.1) is 11.3 Å². The zero-order chi connectivity index (χ0) is 14.8. The molecule has 1 heterocycles. The van der Waals surface area contributed by atoms with Crippen LogP contribution in [0.5, 0.6) is 0 Å². The molecule has 1 aromatic heterocycles. The molecule has 0 saturated heterocycles. The van der Waals surface area contributed by atoms with E-state index in [0.717, 1.165) is 43.4 Å². The zero-order valence-electron chi connectivity index (χ0n) is 11.3. The van der Waals surface area contributed by atoms with Crippen LogP contribution in [-0.2, 0) is 10.0 Å². The lowest BCUT2D eigenvalue weighted by atomic mass is 9.85. The maximum atomic E-state index is 12.2. The molecule has 0 atom stereocenters. The number of carboxylic acid groups (broad SMARTS) is 1. The number of thiophene rings is 1. The molecule has 0 aliphatic heterocycles. The third kappa shape index (κ3) is 3.59. The Balaban J connectivity index is 2.02. The summed E-state index contributed by atoms with van der Waals surface area (Å²) in [4.78, 5) is 10.9. The van der Waals surface area contributed by atoms with Crippen LogP contribution in [0.2, 0.25) is 0 Å². The third-order valence-corrected chi connectivity index (χ3v) is 6.41. The summed E-state index contributed by atoms with van der Waals surface area (Å²) < 4.78 is 27.1. The van der Waals surface area contributed by atoms with E-state index in [1.807, 2.05) is 0 Å². The van der Waals surface area contributed by atoms with E-state index in [2.05, 4.69) is 11.6 Å². The molecule has 2 N–H and O–H groups in total. The highest BCUT2D eigenvalue weighted by Crippen LogP contribution is 2.28. The molecule has 0 bridgehead atoms. The molecular formula is C13H19NO4S2. The van der Waals surface area contributed by atoms with Crippen molar-refractivity contribution >= 4 is 27.3 Å². The van der Waals surface area contributed by atoms with Gasteiger partial charge in [0.25, 0.3) is 0 Å². The topological polar surface area (TPSA) is 83.5 Å². The maximum Gasteiger partial charge on any atom is 0.345 e. The number of nitrogens with one attached hydrogen (secondary N) is 1. The van der Waals surface area contributed by atoms with E-state index in [4.69, 9.17) is 5.11 Å². The maximum absolute atomic E-state index is 12.2. The molecule has 7 heteroatoms. The number of hydrogen-bond donors (Lipinski definition) is 2. The Hall–Kier alpha value is -0.920. The quantitative estimate of drug-likeness (QED) is 0.874. The van der Waals surface area contributed by atoms with Gasteiger partial charge in [-0.05, 0) is 37.7 Å². The predicted molar refractivity (Wildman–Crippen MR) is 77.6 cm³/mol. The van der Waals surface area contributed by atoms with Crippen molar-refractivity contribution in [1.29, 1.82) is 0 Å². The highest BCUT2D eigenvalue weighted by atomic mass is 32.2. The van der Waals surface area contributed by atoms with Crippen LogP contribution in [0, 0.1) is 5.92 Å². The lowest BCUT2D eigenvalue weighted by molar-refractivity contribution is 0.0702. The molecular weight excluding hydrogens is 298 g/mol. The third-order valence-electron chi connectivity index (χ3n) is 3.84. The zero-order valence-corrected chi connectivity index (χ0v) is 13.0. The molecule has 1 aromatic rings. The summed E-state index contributed by atoms with van der Waals surface area (Å²) in [6.45, 7) is 2.16. The smallest absolute Gasteiger partial charge is 0.345 e. The van der Waals surface area contributed by atoms with Gasteiger partial charge < -0.3 is 5.11 Å². The number of carboxylic acids is 1. The molecule has 0 radical (unpaired) electrons. The lowest BCUT2D eigenvalue weighted by Gasteiger charge is -2.28. The summed E-state index contributed by atoms with van der Waals surface area (Å²) >= 11 is 0.932. The van der Waals surface area contributed by atoms with E-state index >= 15 is 0 Å². The fraction of sp³-hybridized carbons (Fsp3) is 0.615. The summed E-state index contributed by atoms with van der Waals surface area (Å²) in [5.74, 6) is -0.393. The molecule has 20 heavy (non-hydrogen) atoms. The van der Waals surface area contributed by atoms with Crippen molar-refractivity contribution in [2.75, 3.05) is 0 Å². The van der Waals surface area contributed by atoms with Gasteiger partial charge >= 0.3 is 5.97 Å². The van der Waals surface area contributed by atoms with Crippen molar-refractivity contribution in [3.8, 4) is 0 Å². The molecule has 1 fully saturated rings. The van der Waals surface area contributed by atoms with Gasteiger partial charge in [0.1, 0.15) is 4.88 Å². The SMILES string of the molecule is CCC1CCC(NS(=O)(=O)c2csc(C(=O)O)c2)CC1. The molecule has 5 nitrogen and oxygen atoms in total. The summed E-state index contributed by atoms with van der Waals surface area (Å²) in [6.07, 6.45) is 4.95. The van der Waals surface area contributed by atoms with Gasteiger partial charge in [-0.25, -0.2) is 17.9 Å². The Bertz CT molecular complexity index is 571. The summed E-state index contributed by atoms with van der Waals surface area (Å²) in [6, 6.07) is 1.18. The summed E-state index contributed by atoms with van der Waals surface area (Å²) in [5.41, 5.74) is 0. The van der Waals surface area contributed by atoms with Crippen LogP contribution in [0.25, 0.3) is 0 Å². The van der Waals surface area contributed by atoms with Crippen LogP contribution in [0.4, 0.5) is 0 Å². The lowest BCUT2D eigenvalue weighted by Crippen LogP contribution is -2.37. The average molecular weight is 317 g/mol. The van der Waals surface area contributed by atoms with E-state index < -0.39 is 16.0 Å². The molecule has 0 spiro atoms. The molecule has 1 aliphatic rings. The largest absolute Gasteiger partial charge is 0.477 e. The number of carbonyl (C=O) groups is 1. The minimum atomic E-state index is -3.60. The first-order valence-corrected chi connectivity index (χ1v) is 9.13. The highest BCUT2D eigenvalue weighted by Gasteiger charge is 2.26. The van der Waals surface area contributed by atoms with Crippen molar-refractivity contribution < 1.29 is 18.3 Å². The second-order valence-electron chi connectivity index (χ2n) is 5.20. The Morgan fingerprint density at radius 1 is 1.40 bits per heavy atom. The molecule has 0 unspecified atom stereocenters. The van der Waals surface area contributed by atoms with E-state index in [9.17, 15) is 13.2 Å². The second-order valence-corrected chi connectivity index (χ2v) is 7.82. The summed E-state index contributed by atoms with van der Waals surface area (Å²) in [5, 5.41) is 10.2. The van der Waals surface area contributed by atoms with Gasteiger partial charge in [0.05, 0.1) is 4.90 Å². The van der Waals surface area contributed by atoms with Crippen molar-refractivity contribution in [3.63, 3.8) is 0 Å². The summed E-state index contributed by atoms with van der Waals surface area (Å²) in [7, 11) is -3.60. The second kappa shape index (κ2) is 6.24. The standard InChI is InChI=1S/C13H19NO4S2/c1-2-9-3-5-10(6-4-9)14-20(17,18)11-7-12(13(15)16)19-8-11/h7-10,14H,2-6H2,1H3,(H,15,16).